The second kappa shape index (κ2) is 8.04. The van der Waals surface area contributed by atoms with E-state index >= 15 is 0 Å². The molecule has 3 heteroatoms. The molecule has 1 saturated heterocycles. The average molecular weight is 229 g/mol. The zero-order chi connectivity index (χ0) is 11.8. The second-order valence-corrected chi connectivity index (χ2v) is 4.78. The lowest BCUT2D eigenvalue weighted by molar-refractivity contribution is -0.102. The normalized spacial score (nSPS) is 30.6. The summed E-state index contributed by atoms with van der Waals surface area (Å²) in [5, 5.41) is 3.33. The predicted molar refractivity (Wildman–Crippen MR) is 66.8 cm³/mol. The number of nitrogens with one attached hydrogen (secondary N) is 1. The molecule has 0 saturated carbocycles. The Labute approximate surface area is 99.9 Å². The fourth-order valence-corrected chi connectivity index (χ4v) is 2.26. The van der Waals surface area contributed by atoms with Crippen LogP contribution in [0.1, 0.15) is 46.5 Å². The van der Waals surface area contributed by atoms with Crippen LogP contribution in [-0.4, -0.2) is 38.0 Å². The van der Waals surface area contributed by atoms with E-state index < -0.39 is 0 Å². The van der Waals surface area contributed by atoms with Crippen molar-refractivity contribution >= 4 is 0 Å². The van der Waals surface area contributed by atoms with Crippen molar-refractivity contribution in [3.8, 4) is 0 Å². The van der Waals surface area contributed by atoms with E-state index in [0.717, 1.165) is 39.0 Å². The highest BCUT2D eigenvalue weighted by Gasteiger charge is 2.24. The number of hydrogen-bond donors (Lipinski definition) is 1. The van der Waals surface area contributed by atoms with E-state index in [1.807, 2.05) is 0 Å². The molecule has 1 rings (SSSR count). The molecule has 0 aromatic heterocycles. The first-order valence-corrected chi connectivity index (χ1v) is 6.70. The van der Waals surface area contributed by atoms with Crippen molar-refractivity contribution in [1.82, 2.24) is 5.32 Å². The molecule has 2 atom stereocenters. The van der Waals surface area contributed by atoms with Gasteiger partial charge in [0.05, 0.1) is 18.3 Å². The van der Waals surface area contributed by atoms with Crippen molar-refractivity contribution in [3.05, 3.63) is 0 Å². The van der Waals surface area contributed by atoms with E-state index in [-0.39, 0.29) is 0 Å². The molecule has 2 unspecified atom stereocenters. The molecule has 1 aliphatic rings. The lowest BCUT2D eigenvalue weighted by Gasteiger charge is -2.32. The van der Waals surface area contributed by atoms with Crippen molar-refractivity contribution in [1.29, 1.82) is 0 Å². The standard InChI is InChI=1S/C13H27NO2/c1-4-14-7-5-6-8-15-13-9-11(2)16-12(3)10-13/h11-14H,4-10H2,1-3H3. The van der Waals surface area contributed by atoms with Crippen LogP contribution in [0, 0.1) is 0 Å². The van der Waals surface area contributed by atoms with Crippen molar-refractivity contribution in [3.63, 3.8) is 0 Å². The molecule has 1 fully saturated rings. The summed E-state index contributed by atoms with van der Waals surface area (Å²) in [6, 6.07) is 0. The zero-order valence-corrected chi connectivity index (χ0v) is 11.0. The molecule has 1 aliphatic heterocycles. The van der Waals surface area contributed by atoms with Crippen molar-refractivity contribution in [2.45, 2.75) is 64.8 Å². The van der Waals surface area contributed by atoms with Crippen molar-refractivity contribution in [2.24, 2.45) is 0 Å². The molecule has 3 nitrogen and oxygen atoms in total. The SMILES string of the molecule is CCNCCCCOC1CC(C)OC(C)C1. The van der Waals surface area contributed by atoms with E-state index in [1.165, 1.54) is 6.42 Å². The van der Waals surface area contributed by atoms with Gasteiger partial charge in [-0.2, -0.15) is 0 Å². The van der Waals surface area contributed by atoms with Gasteiger partial charge < -0.3 is 14.8 Å². The van der Waals surface area contributed by atoms with Gasteiger partial charge in [-0.1, -0.05) is 6.92 Å². The fourth-order valence-electron chi connectivity index (χ4n) is 2.26. The first-order chi connectivity index (χ1) is 7.72. The maximum atomic E-state index is 5.90. The van der Waals surface area contributed by atoms with Crippen LogP contribution in [0.4, 0.5) is 0 Å². The Kier molecular flexibility index (Phi) is 7.01. The molecule has 16 heavy (non-hydrogen) atoms. The maximum Gasteiger partial charge on any atom is 0.0624 e. The summed E-state index contributed by atoms with van der Waals surface area (Å²) in [6.07, 6.45) is 5.61. The van der Waals surface area contributed by atoms with Crippen LogP contribution in [0.25, 0.3) is 0 Å². The van der Waals surface area contributed by atoms with Gasteiger partial charge in [0.25, 0.3) is 0 Å². The Morgan fingerprint density at radius 1 is 1.19 bits per heavy atom. The van der Waals surface area contributed by atoms with Crippen molar-refractivity contribution < 1.29 is 9.47 Å². The van der Waals surface area contributed by atoms with Crippen molar-refractivity contribution in [2.75, 3.05) is 19.7 Å². The van der Waals surface area contributed by atoms with Crippen LogP contribution < -0.4 is 5.32 Å². The van der Waals surface area contributed by atoms with Gasteiger partial charge in [-0.25, -0.2) is 0 Å². The quantitative estimate of drug-likeness (QED) is 0.680. The van der Waals surface area contributed by atoms with Crippen LogP contribution in [-0.2, 0) is 9.47 Å². The molecule has 1 N–H and O–H groups in total. The molecule has 0 radical (unpaired) electrons. The minimum atomic E-state index is 0.357. The third-order valence-corrected chi connectivity index (χ3v) is 3.01. The predicted octanol–water partition coefficient (Wildman–Crippen LogP) is 2.35. The smallest absolute Gasteiger partial charge is 0.0624 e. The molecule has 1 heterocycles. The zero-order valence-electron chi connectivity index (χ0n) is 11.0. The molecule has 0 spiro atoms. The van der Waals surface area contributed by atoms with Gasteiger partial charge in [0.15, 0.2) is 0 Å². The lowest BCUT2D eigenvalue weighted by atomic mass is 10.0. The lowest BCUT2D eigenvalue weighted by Crippen LogP contribution is -2.34. The van der Waals surface area contributed by atoms with Crippen LogP contribution >= 0.6 is 0 Å². The number of ether oxygens (including phenoxy) is 2. The first-order valence-electron chi connectivity index (χ1n) is 6.70. The van der Waals surface area contributed by atoms with E-state index in [2.05, 4.69) is 26.1 Å². The Morgan fingerprint density at radius 3 is 2.50 bits per heavy atom. The monoisotopic (exact) mass is 229 g/mol. The summed E-state index contributed by atoms with van der Waals surface area (Å²) in [7, 11) is 0. The van der Waals surface area contributed by atoms with Gasteiger partial charge in [-0.15, -0.1) is 0 Å². The molecule has 0 aromatic carbocycles. The topological polar surface area (TPSA) is 30.5 Å². The minimum Gasteiger partial charge on any atom is -0.378 e. The molecule has 0 amide bonds. The first kappa shape index (κ1) is 13.9. The van der Waals surface area contributed by atoms with E-state index in [9.17, 15) is 0 Å². The molecular formula is C13H27NO2. The fraction of sp³-hybridized carbons (Fsp3) is 1.00. The molecule has 96 valence electrons. The highest BCUT2D eigenvalue weighted by atomic mass is 16.5. The Morgan fingerprint density at radius 2 is 1.88 bits per heavy atom. The summed E-state index contributed by atoms with van der Waals surface area (Å²) in [4.78, 5) is 0. The second-order valence-electron chi connectivity index (χ2n) is 4.78. The molecule has 0 aromatic rings. The Balaban J connectivity index is 1.99. The van der Waals surface area contributed by atoms with E-state index in [0.29, 0.717) is 18.3 Å². The summed E-state index contributed by atoms with van der Waals surface area (Å²) < 4.78 is 11.6. The van der Waals surface area contributed by atoms with Crippen LogP contribution in [0.3, 0.4) is 0 Å². The Bertz CT molecular complexity index is 165. The van der Waals surface area contributed by atoms with Gasteiger partial charge in [0.1, 0.15) is 0 Å². The highest BCUT2D eigenvalue weighted by Crippen LogP contribution is 2.21. The summed E-state index contributed by atoms with van der Waals surface area (Å²) in [6.45, 7) is 9.49. The number of hydrogen-bond acceptors (Lipinski definition) is 3. The highest BCUT2D eigenvalue weighted by molar-refractivity contribution is 4.73. The van der Waals surface area contributed by atoms with Gasteiger partial charge >= 0.3 is 0 Å². The van der Waals surface area contributed by atoms with Gasteiger partial charge in [0.2, 0.25) is 0 Å². The van der Waals surface area contributed by atoms with Gasteiger partial charge in [0, 0.05) is 6.61 Å². The van der Waals surface area contributed by atoms with Crippen LogP contribution in [0.5, 0.6) is 0 Å². The Hall–Kier alpha value is -0.120. The van der Waals surface area contributed by atoms with Gasteiger partial charge in [-0.05, 0) is 52.6 Å². The average Bonchev–Trinajstić information content (AvgIpc) is 2.22. The van der Waals surface area contributed by atoms with Gasteiger partial charge in [-0.3, -0.25) is 0 Å². The third kappa shape index (κ3) is 5.83. The van der Waals surface area contributed by atoms with E-state index in [4.69, 9.17) is 9.47 Å². The summed E-state index contributed by atoms with van der Waals surface area (Å²) in [5.74, 6) is 0. The number of unbranched alkanes of at least 4 members (excludes halogenated alkanes) is 1. The number of rotatable bonds is 7. The maximum absolute atomic E-state index is 5.90. The summed E-state index contributed by atoms with van der Waals surface area (Å²) in [5.41, 5.74) is 0. The van der Waals surface area contributed by atoms with Crippen LogP contribution in [0.15, 0.2) is 0 Å². The molecule has 0 bridgehead atoms. The molecule has 0 aliphatic carbocycles. The summed E-state index contributed by atoms with van der Waals surface area (Å²) >= 11 is 0. The minimum absolute atomic E-state index is 0.357. The van der Waals surface area contributed by atoms with E-state index in [1.54, 1.807) is 0 Å². The third-order valence-electron chi connectivity index (χ3n) is 3.01. The van der Waals surface area contributed by atoms with Crippen LogP contribution in [0.2, 0.25) is 0 Å². The molecular weight excluding hydrogens is 202 g/mol. The largest absolute Gasteiger partial charge is 0.378 e.